The molecule has 1 aromatic rings. The van der Waals surface area contributed by atoms with Gasteiger partial charge in [0, 0.05) is 12.8 Å². The number of carbonyl (C=O) groups is 1. The number of benzene rings is 1. The van der Waals surface area contributed by atoms with Crippen molar-refractivity contribution in [1.29, 1.82) is 0 Å². The Morgan fingerprint density at radius 3 is 2.50 bits per heavy atom. The third kappa shape index (κ3) is 3.21. The minimum atomic E-state index is -0.209. The highest BCUT2D eigenvalue weighted by molar-refractivity contribution is 5.65. The summed E-state index contributed by atoms with van der Waals surface area (Å²) in [7, 11) is 0. The molecule has 0 radical (unpaired) electrons. The van der Waals surface area contributed by atoms with Gasteiger partial charge in [-0.3, -0.25) is 4.79 Å². The first-order chi connectivity index (χ1) is 6.74. The summed E-state index contributed by atoms with van der Waals surface area (Å²) in [5, 5.41) is 0. The third-order valence-electron chi connectivity index (χ3n) is 2.25. The van der Waals surface area contributed by atoms with Gasteiger partial charge in [-0.15, -0.1) is 0 Å². The molecular formula is C12H16O2. The molecule has 1 rings (SSSR count). The first-order valence-electron chi connectivity index (χ1n) is 4.92. The summed E-state index contributed by atoms with van der Waals surface area (Å²) in [5.41, 5.74) is 1.23. The summed E-state index contributed by atoms with van der Waals surface area (Å²) in [5.74, 6) is 0.111. The normalized spacial score (nSPS) is 12.1. The van der Waals surface area contributed by atoms with E-state index in [1.807, 2.05) is 18.2 Å². The van der Waals surface area contributed by atoms with Crippen molar-refractivity contribution in [3.05, 3.63) is 35.9 Å². The first kappa shape index (κ1) is 10.8. The summed E-state index contributed by atoms with van der Waals surface area (Å²) in [6.45, 7) is 4.02. The highest BCUT2D eigenvalue weighted by Crippen LogP contribution is 2.19. The van der Waals surface area contributed by atoms with Crippen LogP contribution in [0.4, 0.5) is 0 Å². The fraction of sp³-hybridized carbons (Fsp3) is 0.417. The molecule has 0 spiro atoms. The van der Waals surface area contributed by atoms with Crippen molar-refractivity contribution in [3.8, 4) is 0 Å². The lowest BCUT2D eigenvalue weighted by Crippen LogP contribution is -2.09. The molecule has 76 valence electrons. The number of hydrogen-bond acceptors (Lipinski definition) is 2. The van der Waals surface area contributed by atoms with Crippen molar-refractivity contribution < 1.29 is 9.53 Å². The summed E-state index contributed by atoms with van der Waals surface area (Å²) in [6.07, 6.45) is 0.983. The molecule has 0 fully saturated rings. The van der Waals surface area contributed by atoms with E-state index in [2.05, 4.69) is 19.1 Å². The standard InChI is InChI=1S/C12H16O2/c1-3-11(9-14-10(2)13)12-7-5-4-6-8-12/h4-8,11H,3,9H2,1-2H3/t11-/m1/s1. The Labute approximate surface area is 84.9 Å². The molecule has 0 heterocycles. The van der Waals surface area contributed by atoms with Gasteiger partial charge in [0.1, 0.15) is 0 Å². The smallest absolute Gasteiger partial charge is 0.302 e. The maximum atomic E-state index is 10.7. The van der Waals surface area contributed by atoms with E-state index in [1.54, 1.807) is 0 Å². The van der Waals surface area contributed by atoms with Gasteiger partial charge in [-0.2, -0.15) is 0 Å². The fourth-order valence-electron chi connectivity index (χ4n) is 1.39. The van der Waals surface area contributed by atoms with Crippen molar-refractivity contribution in [2.45, 2.75) is 26.2 Å². The largest absolute Gasteiger partial charge is 0.465 e. The lowest BCUT2D eigenvalue weighted by Gasteiger charge is -2.14. The maximum Gasteiger partial charge on any atom is 0.302 e. The van der Waals surface area contributed by atoms with Crippen molar-refractivity contribution in [1.82, 2.24) is 0 Å². The van der Waals surface area contributed by atoms with Gasteiger partial charge in [-0.05, 0) is 12.0 Å². The molecule has 14 heavy (non-hydrogen) atoms. The van der Waals surface area contributed by atoms with E-state index >= 15 is 0 Å². The molecule has 0 aromatic heterocycles. The average molecular weight is 192 g/mol. The van der Waals surface area contributed by atoms with Crippen LogP contribution in [0.25, 0.3) is 0 Å². The molecule has 0 saturated heterocycles. The lowest BCUT2D eigenvalue weighted by atomic mass is 9.98. The van der Waals surface area contributed by atoms with Crippen LogP contribution in [0.15, 0.2) is 30.3 Å². The van der Waals surface area contributed by atoms with Crippen LogP contribution in [-0.4, -0.2) is 12.6 Å². The Hall–Kier alpha value is -1.31. The molecule has 0 N–H and O–H groups in total. The van der Waals surface area contributed by atoms with Crippen molar-refractivity contribution in [2.24, 2.45) is 0 Å². The molecule has 0 unspecified atom stereocenters. The van der Waals surface area contributed by atoms with E-state index in [1.165, 1.54) is 12.5 Å². The van der Waals surface area contributed by atoms with E-state index in [0.717, 1.165) is 6.42 Å². The van der Waals surface area contributed by atoms with Crippen LogP contribution >= 0.6 is 0 Å². The second-order valence-electron chi connectivity index (χ2n) is 3.32. The van der Waals surface area contributed by atoms with E-state index in [-0.39, 0.29) is 5.97 Å². The predicted molar refractivity (Wildman–Crippen MR) is 56.1 cm³/mol. The number of esters is 1. The molecule has 1 atom stereocenters. The number of rotatable bonds is 4. The molecule has 0 saturated carbocycles. The second kappa shape index (κ2) is 5.43. The molecule has 0 bridgehead atoms. The van der Waals surface area contributed by atoms with Crippen LogP contribution in [0.1, 0.15) is 31.7 Å². The molecular weight excluding hydrogens is 176 g/mol. The molecule has 2 nitrogen and oxygen atoms in total. The average Bonchev–Trinajstić information content (AvgIpc) is 2.20. The lowest BCUT2D eigenvalue weighted by molar-refractivity contribution is -0.141. The van der Waals surface area contributed by atoms with Crippen LogP contribution in [0.2, 0.25) is 0 Å². The Balaban J connectivity index is 2.58. The summed E-state index contributed by atoms with van der Waals surface area (Å²) < 4.78 is 5.01. The molecule has 0 aliphatic heterocycles. The van der Waals surface area contributed by atoms with Crippen molar-refractivity contribution in [2.75, 3.05) is 6.61 Å². The zero-order valence-corrected chi connectivity index (χ0v) is 8.69. The Kier molecular flexibility index (Phi) is 4.17. The van der Waals surface area contributed by atoms with E-state index < -0.39 is 0 Å². The van der Waals surface area contributed by atoms with Gasteiger partial charge in [0.2, 0.25) is 0 Å². The zero-order valence-electron chi connectivity index (χ0n) is 8.69. The SMILES string of the molecule is CC[C@H](COC(C)=O)c1ccccc1. The predicted octanol–water partition coefficient (Wildman–Crippen LogP) is 2.74. The van der Waals surface area contributed by atoms with Crippen LogP contribution < -0.4 is 0 Å². The number of ether oxygens (including phenoxy) is 1. The van der Waals surface area contributed by atoms with Crippen LogP contribution in [0, 0.1) is 0 Å². The summed E-state index contributed by atoms with van der Waals surface area (Å²) in [4.78, 5) is 10.7. The Morgan fingerprint density at radius 2 is 2.00 bits per heavy atom. The third-order valence-corrected chi connectivity index (χ3v) is 2.25. The second-order valence-corrected chi connectivity index (χ2v) is 3.32. The van der Waals surface area contributed by atoms with Gasteiger partial charge >= 0.3 is 5.97 Å². The van der Waals surface area contributed by atoms with Crippen LogP contribution in [0.5, 0.6) is 0 Å². The quantitative estimate of drug-likeness (QED) is 0.686. The maximum absolute atomic E-state index is 10.7. The first-order valence-corrected chi connectivity index (χ1v) is 4.92. The van der Waals surface area contributed by atoms with Gasteiger partial charge in [-0.25, -0.2) is 0 Å². The van der Waals surface area contributed by atoms with Gasteiger partial charge in [0.05, 0.1) is 6.61 Å². The topological polar surface area (TPSA) is 26.3 Å². The van der Waals surface area contributed by atoms with Crippen molar-refractivity contribution in [3.63, 3.8) is 0 Å². The highest BCUT2D eigenvalue weighted by Gasteiger charge is 2.09. The summed E-state index contributed by atoms with van der Waals surface area (Å²) in [6, 6.07) is 10.1. The highest BCUT2D eigenvalue weighted by atomic mass is 16.5. The van der Waals surface area contributed by atoms with Crippen LogP contribution in [-0.2, 0) is 9.53 Å². The monoisotopic (exact) mass is 192 g/mol. The molecule has 0 amide bonds. The molecule has 0 aliphatic rings. The van der Waals surface area contributed by atoms with Gasteiger partial charge in [0.25, 0.3) is 0 Å². The molecule has 0 aliphatic carbocycles. The van der Waals surface area contributed by atoms with Crippen molar-refractivity contribution >= 4 is 5.97 Å². The van der Waals surface area contributed by atoms with Gasteiger partial charge in [-0.1, -0.05) is 37.3 Å². The molecule has 1 aromatic carbocycles. The Morgan fingerprint density at radius 1 is 1.36 bits per heavy atom. The van der Waals surface area contributed by atoms with E-state index in [9.17, 15) is 4.79 Å². The van der Waals surface area contributed by atoms with E-state index in [0.29, 0.717) is 12.5 Å². The zero-order chi connectivity index (χ0) is 10.4. The minimum Gasteiger partial charge on any atom is -0.465 e. The number of hydrogen-bond donors (Lipinski definition) is 0. The Bertz CT molecular complexity index is 280. The van der Waals surface area contributed by atoms with Gasteiger partial charge < -0.3 is 4.74 Å². The fourth-order valence-corrected chi connectivity index (χ4v) is 1.39. The summed E-state index contributed by atoms with van der Waals surface area (Å²) >= 11 is 0. The number of carbonyl (C=O) groups excluding carboxylic acids is 1. The van der Waals surface area contributed by atoms with Gasteiger partial charge in [0.15, 0.2) is 0 Å². The molecule has 2 heteroatoms. The van der Waals surface area contributed by atoms with Crippen LogP contribution in [0.3, 0.4) is 0 Å². The van der Waals surface area contributed by atoms with E-state index in [4.69, 9.17) is 4.74 Å². The minimum absolute atomic E-state index is 0.209.